The SMILES string of the molecule is CN=C(NCc1ccnc(N2CCCCCC2)c1)N(C)CCc1ccc(OC)c(OC)c1. The van der Waals surface area contributed by atoms with Crippen molar-refractivity contribution in [2.45, 2.75) is 38.6 Å². The third-order valence-corrected chi connectivity index (χ3v) is 5.95. The molecule has 3 rings (SSSR count). The van der Waals surface area contributed by atoms with Crippen molar-refractivity contribution < 1.29 is 9.47 Å². The van der Waals surface area contributed by atoms with E-state index in [2.05, 4.69) is 50.3 Å². The van der Waals surface area contributed by atoms with Gasteiger partial charge in [0.25, 0.3) is 0 Å². The fraction of sp³-hybridized carbons (Fsp3) is 0.520. The molecule has 0 bridgehead atoms. The number of aromatic nitrogens is 1. The molecule has 0 unspecified atom stereocenters. The number of nitrogens with zero attached hydrogens (tertiary/aromatic N) is 4. The highest BCUT2D eigenvalue weighted by Gasteiger charge is 2.12. The summed E-state index contributed by atoms with van der Waals surface area (Å²) in [5.74, 6) is 3.47. The van der Waals surface area contributed by atoms with Crippen molar-refractivity contribution in [3.05, 3.63) is 47.7 Å². The lowest BCUT2D eigenvalue weighted by Gasteiger charge is -2.23. The number of ether oxygens (including phenoxy) is 2. The molecule has 0 spiro atoms. The van der Waals surface area contributed by atoms with Crippen LogP contribution in [0.1, 0.15) is 36.8 Å². The van der Waals surface area contributed by atoms with Crippen molar-refractivity contribution in [1.29, 1.82) is 0 Å². The minimum absolute atomic E-state index is 0.719. The van der Waals surface area contributed by atoms with Gasteiger partial charge in [-0.05, 0) is 54.7 Å². The third kappa shape index (κ3) is 6.52. The van der Waals surface area contributed by atoms with Crippen LogP contribution in [0.3, 0.4) is 0 Å². The molecule has 174 valence electrons. The Labute approximate surface area is 192 Å². The lowest BCUT2D eigenvalue weighted by molar-refractivity contribution is 0.354. The second kappa shape index (κ2) is 12.2. The number of pyridine rings is 1. The predicted molar refractivity (Wildman–Crippen MR) is 131 cm³/mol. The van der Waals surface area contributed by atoms with Crippen LogP contribution in [0.25, 0.3) is 0 Å². The van der Waals surface area contributed by atoms with E-state index >= 15 is 0 Å². The number of hydrogen-bond donors (Lipinski definition) is 1. The first-order chi connectivity index (χ1) is 15.6. The zero-order chi connectivity index (χ0) is 22.8. The second-order valence-electron chi connectivity index (χ2n) is 8.19. The molecule has 1 fully saturated rings. The normalized spacial score (nSPS) is 14.6. The number of likely N-dealkylation sites (N-methyl/N-ethyl adjacent to an activating group) is 1. The molecule has 1 aromatic carbocycles. The fourth-order valence-corrected chi connectivity index (χ4v) is 4.05. The summed E-state index contributed by atoms with van der Waals surface area (Å²) < 4.78 is 10.7. The Balaban J connectivity index is 1.54. The minimum atomic E-state index is 0.719. The van der Waals surface area contributed by atoms with E-state index in [4.69, 9.17) is 9.47 Å². The molecule has 0 amide bonds. The molecule has 0 radical (unpaired) electrons. The van der Waals surface area contributed by atoms with Gasteiger partial charge in [-0.15, -0.1) is 0 Å². The van der Waals surface area contributed by atoms with Crippen molar-refractivity contribution >= 4 is 11.8 Å². The van der Waals surface area contributed by atoms with Gasteiger partial charge in [0.15, 0.2) is 17.5 Å². The monoisotopic (exact) mass is 439 g/mol. The summed E-state index contributed by atoms with van der Waals surface area (Å²) in [5.41, 5.74) is 2.41. The number of anilines is 1. The van der Waals surface area contributed by atoms with Crippen LogP contribution in [0.2, 0.25) is 0 Å². The lowest BCUT2D eigenvalue weighted by Crippen LogP contribution is -2.39. The van der Waals surface area contributed by atoms with Crippen LogP contribution in [0, 0.1) is 0 Å². The molecule has 1 aromatic heterocycles. The van der Waals surface area contributed by atoms with Gasteiger partial charge >= 0.3 is 0 Å². The number of rotatable bonds is 8. The first-order valence-corrected chi connectivity index (χ1v) is 11.5. The smallest absolute Gasteiger partial charge is 0.193 e. The number of hydrogen-bond acceptors (Lipinski definition) is 5. The van der Waals surface area contributed by atoms with E-state index in [1.54, 1.807) is 14.2 Å². The van der Waals surface area contributed by atoms with Gasteiger partial charge in [-0.3, -0.25) is 4.99 Å². The first kappa shape index (κ1) is 23.7. The number of methoxy groups -OCH3 is 2. The molecule has 1 aliphatic heterocycles. The molecule has 7 heteroatoms. The van der Waals surface area contributed by atoms with E-state index in [0.717, 1.165) is 55.9 Å². The highest BCUT2D eigenvalue weighted by molar-refractivity contribution is 5.79. The molecular formula is C25H37N5O2. The van der Waals surface area contributed by atoms with Gasteiger partial charge in [0, 0.05) is 46.5 Å². The Bertz CT molecular complexity index is 878. The fourth-order valence-electron chi connectivity index (χ4n) is 4.05. The zero-order valence-electron chi connectivity index (χ0n) is 19.9. The van der Waals surface area contributed by atoms with Gasteiger partial charge in [-0.25, -0.2) is 4.98 Å². The van der Waals surface area contributed by atoms with E-state index < -0.39 is 0 Å². The van der Waals surface area contributed by atoms with Gasteiger partial charge < -0.3 is 24.6 Å². The Morgan fingerprint density at radius 1 is 1.03 bits per heavy atom. The number of guanidine groups is 1. The predicted octanol–water partition coefficient (Wildman–Crippen LogP) is 3.73. The van der Waals surface area contributed by atoms with Crippen molar-refractivity contribution in [2.75, 3.05) is 52.8 Å². The molecule has 0 aliphatic carbocycles. The maximum atomic E-state index is 5.42. The molecular weight excluding hydrogens is 402 g/mol. The average molecular weight is 440 g/mol. The van der Waals surface area contributed by atoms with Gasteiger partial charge in [-0.1, -0.05) is 18.9 Å². The van der Waals surface area contributed by atoms with Crippen molar-refractivity contribution in [3.8, 4) is 11.5 Å². The standard InChI is InChI=1S/C25H37N5O2/c1-26-25(29(2)16-12-20-9-10-22(31-3)23(17-20)32-4)28-19-21-11-13-27-24(18-21)30-14-7-5-6-8-15-30/h9-11,13,17-18H,5-8,12,14-16,19H2,1-4H3,(H,26,28). The zero-order valence-corrected chi connectivity index (χ0v) is 19.9. The van der Waals surface area contributed by atoms with Crippen LogP contribution >= 0.6 is 0 Å². The molecule has 2 heterocycles. The summed E-state index contributed by atoms with van der Waals surface area (Å²) in [6, 6.07) is 10.3. The minimum Gasteiger partial charge on any atom is -0.493 e. The Morgan fingerprint density at radius 3 is 2.47 bits per heavy atom. The molecule has 2 aromatic rings. The maximum Gasteiger partial charge on any atom is 0.193 e. The summed E-state index contributed by atoms with van der Waals surface area (Å²) >= 11 is 0. The number of aliphatic imine (C=N–C) groups is 1. The molecule has 1 aliphatic rings. The molecule has 32 heavy (non-hydrogen) atoms. The van der Waals surface area contributed by atoms with E-state index in [-0.39, 0.29) is 0 Å². The van der Waals surface area contributed by atoms with Crippen LogP contribution in [0.4, 0.5) is 5.82 Å². The van der Waals surface area contributed by atoms with Gasteiger partial charge in [-0.2, -0.15) is 0 Å². The van der Waals surface area contributed by atoms with E-state index in [1.165, 1.54) is 36.8 Å². The topological polar surface area (TPSA) is 62.2 Å². The van der Waals surface area contributed by atoms with Crippen LogP contribution in [0.15, 0.2) is 41.5 Å². The maximum absolute atomic E-state index is 5.42. The molecule has 7 nitrogen and oxygen atoms in total. The van der Waals surface area contributed by atoms with Gasteiger partial charge in [0.2, 0.25) is 0 Å². The quantitative estimate of drug-likeness (QED) is 0.500. The summed E-state index contributed by atoms with van der Waals surface area (Å²) in [6.07, 6.45) is 7.95. The summed E-state index contributed by atoms with van der Waals surface area (Å²) in [4.78, 5) is 13.6. The van der Waals surface area contributed by atoms with E-state index in [9.17, 15) is 0 Å². The summed E-state index contributed by atoms with van der Waals surface area (Å²) in [7, 11) is 7.20. The first-order valence-electron chi connectivity index (χ1n) is 11.5. The van der Waals surface area contributed by atoms with Crippen LogP contribution < -0.4 is 19.7 Å². The molecule has 1 saturated heterocycles. The molecule has 0 atom stereocenters. The van der Waals surface area contributed by atoms with Gasteiger partial charge in [0.1, 0.15) is 5.82 Å². The highest BCUT2D eigenvalue weighted by Crippen LogP contribution is 2.27. The Morgan fingerprint density at radius 2 is 1.78 bits per heavy atom. The Kier molecular flexibility index (Phi) is 9.01. The third-order valence-electron chi connectivity index (χ3n) is 5.95. The summed E-state index contributed by atoms with van der Waals surface area (Å²) in [5, 5.41) is 3.49. The number of benzene rings is 1. The van der Waals surface area contributed by atoms with Crippen molar-refractivity contribution in [2.24, 2.45) is 4.99 Å². The van der Waals surface area contributed by atoms with Crippen LogP contribution in [-0.2, 0) is 13.0 Å². The average Bonchev–Trinajstić information content (AvgIpc) is 3.13. The Hall–Kier alpha value is -2.96. The van der Waals surface area contributed by atoms with Crippen molar-refractivity contribution in [3.63, 3.8) is 0 Å². The highest BCUT2D eigenvalue weighted by atomic mass is 16.5. The second-order valence-corrected chi connectivity index (χ2v) is 8.19. The van der Waals surface area contributed by atoms with E-state index in [1.807, 2.05) is 25.4 Å². The molecule has 0 saturated carbocycles. The lowest BCUT2D eigenvalue weighted by atomic mass is 10.1. The molecule has 1 N–H and O–H groups in total. The summed E-state index contributed by atoms with van der Waals surface area (Å²) in [6.45, 7) is 3.76. The van der Waals surface area contributed by atoms with E-state index in [0.29, 0.717) is 0 Å². The number of nitrogens with one attached hydrogen (secondary N) is 1. The van der Waals surface area contributed by atoms with Crippen molar-refractivity contribution in [1.82, 2.24) is 15.2 Å². The van der Waals surface area contributed by atoms with Crippen LogP contribution in [0.5, 0.6) is 11.5 Å². The van der Waals surface area contributed by atoms with Gasteiger partial charge in [0.05, 0.1) is 14.2 Å². The van der Waals surface area contributed by atoms with Crippen LogP contribution in [-0.4, -0.2) is 63.8 Å². The largest absolute Gasteiger partial charge is 0.493 e.